The van der Waals surface area contributed by atoms with Crippen molar-refractivity contribution in [2.75, 3.05) is 7.11 Å². The molecule has 0 saturated heterocycles. The standard InChI is InChI=1S/C12H10N2O4/c1-17-8-3-2-4-9(5-8)18-11-7-13-6-10(14-11)12(15)16/h2-7H,1H3,(H,15,16). The van der Waals surface area contributed by atoms with E-state index in [9.17, 15) is 4.79 Å². The summed E-state index contributed by atoms with van der Waals surface area (Å²) in [7, 11) is 1.55. The predicted molar refractivity (Wildman–Crippen MR) is 62.1 cm³/mol. The van der Waals surface area contributed by atoms with Crippen LogP contribution in [-0.4, -0.2) is 28.2 Å². The molecule has 0 unspecified atom stereocenters. The Morgan fingerprint density at radius 2 is 2.06 bits per heavy atom. The Morgan fingerprint density at radius 3 is 2.78 bits per heavy atom. The van der Waals surface area contributed by atoms with Gasteiger partial charge in [0.05, 0.1) is 19.5 Å². The van der Waals surface area contributed by atoms with Crippen LogP contribution in [-0.2, 0) is 0 Å². The Bertz CT molecular complexity index is 572. The van der Waals surface area contributed by atoms with E-state index in [1.165, 1.54) is 6.20 Å². The van der Waals surface area contributed by atoms with E-state index in [-0.39, 0.29) is 11.6 Å². The second-order valence-electron chi connectivity index (χ2n) is 3.33. The summed E-state index contributed by atoms with van der Waals surface area (Å²) < 4.78 is 10.4. The zero-order valence-corrected chi connectivity index (χ0v) is 9.53. The molecule has 0 spiro atoms. The van der Waals surface area contributed by atoms with E-state index in [4.69, 9.17) is 14.6 Å². The van der Waals surface area contributed by atoms with Crippen LogP contribution in [0.3, 0.4) is 0 Å². The van der Waals surface area contributed by atoms with Crippen molar-refractivity contribution in [3.8, 4) is 17.4 Å². The first kappa shape index (κ1) is 11.8. The second-order valence-corrected chi connectivity index (χ2v) is 3.33. The maximum atomic E-state index is 10.7. The molecule has 2 rings (SSSR count). The van der Waals surface area contributed by atoms with Crippen LogP contribution in [0.15, 0.2) is 36.7 Å². The van der Waals surface area contributed by atoms with Crippen molar-refractivity contribution in [2.24, 2.45) is 0 Å². The van der Waals surface area contributed by atoms with Gasteiger partial charge in [-0.05, 0) is 12.1 Å². The topological polar surface area (TPSA) is 81.5 Å². The van der Waals surface area contributed by atoms with Gasteiger partial charge in [0.1, 0.15) is 11.5 Å². The fraction of sp³-hybridized carbons (Fsp3) is 0.0833. The van der Waals surface area contributed by atoms with Crippen LogP contribution in [0.1, 0.15) is 10.5 Å². The number of benzene rings is 1. The van der Waals surface area contributed by atoms with Crippen LogP contribution < -0.4 is 9.47 Å². The molecule has 1 aromatic heterocycles. The summed E-state index contributed by atoms with van der Waals surface area (Å²) in [4.78, 5) is 18.3. The minimum Gasteiger partial charge on any atom is -0.497 e. The number of methoxy groups -OCH3 is 1. The van der Waals surface area contributed by atoms with E-state index >= 15 is 0 Å². The molecule has 0 amide bonds. The maximum absolute atomic E-state index is 10.7. The average Bonchev–Trinajstić information content (AvgIpc) is 2.39. The van der Waals surface area contributed by atoms with E-state index in [0.717, 1.165) is 6.20 Å². The predicted octanol–water partition coefficient (Wildman–Crippen LogP) is 1.98. The van der Waals surface area contributed by atoms with Crippen molar-refractivity contribution in [3.63, 3.8) is 0 Å². The summed E-state index contributed by atoms with van der Waals surface area (Å²) in [5, 5.41) is 8.78. The van der Waals surface area contributed by atoms with Crippen LogP contribution in [0.5, 0.6) is 17.4 Å². The van der Waals surface area contributed by atoms with E-state index in [0.29, 0.717) is 11.5 Å². The van der Waals surface area contributed by atoms with Gasteiger partial charge in [0.25, 0.3) is 0 Å². The van der Waals surface area contributed by atoms with Crippen LogP contribution in [0.2, 0.25) is 0 Å². The van der Waals surface area contributed by atoms with E-state index in [1.54, 1.807) is 31.4 Å². The zero-order valence-electron chi connectivity index (χ0n) is 9.53. The van der Waals surface area contributed by atoms with Crippen LogP contribution in [0.25, 0.3) is 0 Å². The van der Waals surface area contributed by atoms with Gasteiger partial charge >= 0.3 is 5.97 Å². The van der Waals surface area contributed by atoms with Gasteiger partial charge in [0.2, 0.25) is 5.88 Å². The molecule has 0 aliphatic rings. The molecule has 18 heavy (non-hydrogen) atoms. The Labute approximate surface area is 103 Å². The first-order valence-electron chi connectivity index (χ1n) is 5.06. The number of carboxylic acids is 1. The number of rotatable bonds is 4. The highest BCUT2D eigenvalue weighted by Crippen LogP contribution is 2.23. The monoisotopic (exact) mass is 246 g/mol. The zero-order chi connectivity index (χ0) is 13.0. The molecule has 0 radical (unpaired) electrons. The summed E-state index contributed by atoms with van der Waals surface area (Å²) in [5.41, 5.74) is -0.171. The van der Waals surface area contributed by atoms with Crippen LogP contribution in [0, 0.1) is 0 Å². The number of aromatic carboxylic acids is 1. The van der Waals surface area contributed by atoms with E-state index < -0.39 is 5.97 Å². The van der Waals surface area contributed by atoms with Gasteiger partial charge in [0.15, 0.2) is 5.69 Å². The normalized spacial score (nSPS) is 9.83. The first-order chi connectivity index (χ1) is 8.69. The summed E-state index contributed by atoms with van der Waals surface area (Å²) in [6.45, 7) is 0. The molecule has 0 bridgehead atoms. The van der Waals surface area contributed by atoms with Crippen molar-refractivity contribution in [3.05, 3.63) is 42.4 Å². The molecule has 1 heterocycles. The molecule has 1 N–H and O–H groups in total. The van der Waals surface area contributed by atoms with Crippen molar-refractivity contribution >= 4 is 5.97 Å². The Hall–Kier alpha value is -2.63. The molecule has 0 aliphatic carbocycles. The van der Waals surface area contributed by atoms with Gasteiger partial charge in [-0.2, -0.15) is 0 Å². The Balaban J connectivity index is 2.22. The quantitative estimate of drug-likeness (QED) is 0.888. The lowest BCUT2D eigenvalue weighted by Crippen LogP contribution is -2.02. The molecule has 0 aliphatic heterocycles. The third kappa shape index (κ3) is 2.73. The minimum atomic E-state index is -1.15. The highest BCUT2D eigenvalue weighted by molar-refractivity contribution is 5.84. The van der Waals surface area contributed by atoms with E-state index in [2.05, 4.69) is 9.97 Å². The number of hydrogen-bond donors (Lipinski definition) is 1. The van der Waals surface area contributed by atoms with Gasteiger partial charge in [-0.1, -0.05) is 6.07 Å². The van der Waals surface area contributed by atoms with Gasteiger partial charge in [-0.3, -0.25) is 4.98 Å². The molecule has 0 atom stereocenters. The van der Waals surface area contributed by atoms with Gasteiger partial charge in [-0.15, -0.1) is 0 Å². The number of nitrogens with zero attached hydrogens (tertiary/aromatic N) is 2. The Morgan fingerprint density at radius 1 is 1.28 bits per heavy atom. The number of carbonyl (C=O) groups is 1. The lowest BCUT2D eigenvalue weighted by atomic mass is 10.3. The van der Waals surface area contributed by atoms with Crippen molar-refractivity contribution in [1.29, 1.82) is 0 Å². The molecular weight excluding hydrogens is 236 g/mol. The van der Waals surface area contributed by atoms with Crippen LogP contribution in [0.4, 0.5) is 0 Å². The summed E-state index contributed by atoms with van der Waals surface area (Å²) in [5.74, 6) is 0.0859. The molecule has 92 valence electrons. The fourth-order valence-corrected chi connectivity index (χ4v) is 1.29. The smallest absolute Gasteiger partial charge is 0.356 e. The van der Waals surface area contributed by atoms with Gasteiger partial charge in [0, 0.05) is 6.07 Å². The summed E-state index contributed by atoms with van der Waals surface area (Å²) >= 11 is 0. The SMILES string of the molecule is COc1cccc(Oc2cncc(C(=O)O)n2)c1. The third-order valence-electron chi connectivity index (χ3n) is 2.10. The second kappa shape index (κ2) is 5.13. The Kier molecular flexibility index (Phi) is 3.38. The lowest BCUT2D eigenvalue weighted by molar-refractivity contribution is 0.0689. The third-order valence-corrected chi connectivity index (χ3v) is 2.10. The fourth-order valence-electron chi connectivity index (χ4n) is 1.29. The molecule has 2 aromatic rings. The molecule has 6 heteroatoms. The molecule has 6 nitrogen and oxygen atoms in total. The van der Waals surface area contributed by atoms with Crippen LogP contribution >= 0.6 is 0 Å². The average molecular weight is 246 g/mol. The van der Waals surface area contributed by atoms with Crippen molar-refractivity contribution < 1.29 is 19.4 Å². The first-order valence-corrected chi connectivity index (χ1v) is 5.06. The van der Waals surface area contributed by atoms with Crippen molar-refractivity contribution in [2.45, 2.75) is 0 Å². The summed E-state index contributed by atoms with van der Waals surface area (Å²) in [6, 6.07) is 6.89. The highest BCUT2D eigenvalue weighted by Gasteiger charge is 2.07. The van der Waals surface area contributed by atoms with Gasteiger partial charge in [-0.25, -0.2) is 9.78 Å². The number of carboxylic acid groups (broad SMARTS) is 1. The van der Waals surface area contributed by atoms with Crippen molar-refractivity contribution in [1.82, 2.24) is 9.97 Å². The van der Waals surface area contributed by atoms with E-state index in [1.807, 2.05) is 0 Å². The largest absolute Gasteiger partial charge is 0.497 e. The molecule has 0 saturated carbocycles. The molecule has 0 fully saturated rings. The lowest BCUT2D eigenvalue weighted by Gasteiger charge is -2.06. The molecule has 1 aromatic carbocycles. The summed E-state index contributed by atoms with van der Waals surface area (Å²) in [6.07, 6.45) is 2.49. The number of ether oxygens (including phenoxy) is 2. The highest BCUT2D eigenvalue weighted by atomic mass is 16.5. The number of hydrogen-bond acceptors (Lipinski definition) is 5. The number of aromatic nitrogens is 2. The molecular formula is C12H10N2O4. The van der Waals surface area contributed by atoms with Gasteiger partial charge < -0.3 is 14.6 Å². The maximum Gasteiger partial charge on any atom is 0.356 e. The minimum absolute atomic E-state index is 0.114.